The molecule has 0 aliphatic carbocycles. The van der Waals surface area contributed by atoms with Crippen molar-refractivity contribution in [3.05, 3.63) is 29.7 Å². The van der Waals surface area contributed by atoms with Crippen molar-refractivity contribution in [2.75, 3.05) is 5.75 Å². The molecule has 1 unspecified atom stereocenters. The van der Waals surface area contributed by atoms with E-state index in [1.165, 1.54) is 0 Å². The molecule has 0 spiro atoms. The molecule has 5 nitrogen and oxygen atoms in total. The van der Waals surface area contributed by atoms with Gasteiger partial charge in [0, 0.05) is 6.20 Å². The number of aromatic nitrogens is 3. The molecule has 1 aliphatic heterocycles. The Bertz CT molecular complexity index is 675. The Hall–Kier alpha value is -1.43. The molecule has 0 amide bonds. The molecule has 2 aromatic heterocycles. The lowest BCUT2D eigenvalue weighted by atomic mass is 10.2. The summed E-state index contributed by atoms with van der Waals surface area (Å²) in [7, 11) is -3.04. The highest BCUT2D eigenvalue weighted by atomic mass is 32.2. The van der Waals surface area contributed by atoms with Gasteiger partial charge >= 0.3 is 0 Å². The maximum absolute atomic E-state index is 11.9. The summed E-state index contributed by atoms with van der Waals surface area (Å²) in [5.41, 5.74) is 1.74. The molecule has 0 saturated carbocycles. The Labute approximate surface area is 99.4 Å². The van der Waals surface area contributed by atoms with Crippen LogP contribution in [0.5, 0.6) is 0 Å². The van der Waals surface area contributed by atoms with Crippen LogP contribution in [-0.4, -0.2) is 28.8 Å². The van der Waals surface area contributed by atoms with Crippen LogP contribution in [0.15, 0.2) is 18.3 Å². The molecule has 1 saturated heterocycles. The summed E-state index contributed by atoms with van der Waals surface area (Å²) in [5.74, 6) is 0.819. The average Bonchev–Trinajstić information content (AvgIpc) is 2.82. The van der Waals surface area contributed by atoms with E-state index in [9.17, 15) is 8.42 Å². The zero-order valence-electron chi connectivity index (χ0n) is 9.50. The molecule has 3 heterocycles. The molecule has 6 heteroatoms. The highest BCUT2D eigenvalue weighted by Crippen LogP contribution is 2.33. The monoisotopic (exact) mass is 251 g/mol. The van der Waals surface area contributed by atoms with Crippen molar-refractivity contribution in [2.24, 2.45) is 0 Å². The minimum atomic E-state index is -3.04. The highest BCUT2D eigenvalue weighted by molar-refractivity contribution is 7.91. The standard InChI is InChI=1S/C11H13N3O2S/c1-8-4-2-6-14-10(8)12-13-11(14)9-5-3-7-17(9,15)16/h2,4,6,9H,3,5,7H2,1H3. The summed E-state index contributed by atoms with van der Waals surface area (Å²) in [4.78, 5) is 0. The van der Waals surface area contributed by atoms with Gasteiger partial charge in [0.15, 0.2) is 21.3 Å². The van der Waals surface area contributed by atoms with Gasteiger partial charge in [0.1, 0.15) is 5.25 Å². The molecule has 17 heavy (non-hydrogen) atoms. The van der Waals surface area contributed by atoms with Crippen molar-refractivity contribution < 1.29 is 8.42 Å². The van der Waals surface area contributed by atoms with Crippen molar-refractivity contribution in [3.8, 4) is 0 Å². The smallest absolute Gasteiger partial charge is 0.163 e. The van der Waals surface area contributed by atoms with Gasteiger partial charge in [0.2, 0.25) is 0 Å². The molecule has 2 aromatic rings. The normalized spacial score (nSPS) is 23.2. The second-order valence-electron chi connectivity index (χ2n) is 4.44. The zero-order valence-corrected chi connectivity index (χ0v) is 10.3. The SMILES string of the molecule is Cc1cccn2c(C3CCCS3(=O)=O)nnc12. The van der Waals surface area contributed by atoms with Crippen molar-refractivity contribution in [1.29, 1.82) is 0 Å². The first-order chi connectivity index (χ1) is 8.09. The molecule has 1 aliphatic rings. The van der Waals surface area contributed by atoms with Crippen molar-refractivity contribution >= 4 is 15.5 Å². The van der Waals surface area contributed by atoms with Gasteiger partial charge < -0.3 is 0 Å². The van der Waals surface area contributed by atoms with Crippen LogP contribution in [0.4, 0.5) is 0 Å². The number of aryl methyl sites for hydroxylation is 1. The quantitative estimate of drug-likeness (QED) is 0.766. The molecule has 1 atom stereocenters. The Morgan fingerprint density at radius 3 is 2.94 bits per heavy atom. The van der Waals surface area contributed by atoms with Crippen LogP contribution in [0.2, 0.25) is 0 Å². The Kier molecular flexibility index (Phi) is 2.22. The Morgan fingerprint density at radius 1 is 1.41 bits per heavy atom. The number of hydrogen-bond acceptors (Lipinski definition) is 4. The number of sulfone groups is 1. The first kappa shape index (κ1) is 10.7. The van der Waals surface area contributed by atoms with Crippen molar-refractivity contribution in [1.82, 2.24) is 14.6 Å². The number of fused-ring (bicyclic) bond motifs is 1. The van der Waals surface area contributed by atoms with Crippen LogP contribution in [0.3, 0.4) is 0 Å². The predicted molar refractivity (Wildman–Crippen MR) is 63.5 cm³/mol. The van der Waals surface area contributed by atoms with Gasteiger partial charge in [-0.1, -0.05) is 6.07 Å². The van der Waals surface area contributed by atoms with Crippen LogP contribution in [0.1, 0.15) is 29.5 Å². The van der Waals surface area contributed by atoms with E-state index in [4.69, 9.17) is 0 Å². The highest BCUT2D eigenvalue weighted by Gasteiger charge is 2.36. The van der Waals surface area contributed by atoms with E-state index in [1.54, 1.807) is 4.40 Å². The number of pyridine rings is 1. The summed E-state index contributed by atoms with van der Waals surface area (Å²) in [6.45, 7) is 1.94. The molecule has 0 N–H and O–H groups in total. The van der Waals surface area contributed by atoms with E-state index in [0.29, 0.717) is 18.7 Å². The predicted octanol–water partition coefficient (Wildman–Crippen LogP) is 1.29. The van der Waals surface area contributed by atoms with Gasteiger partial charge in [-0.25, -0.2) is 8.42 Å². The maximum Gasteiger partial charge on any atom is 0.163 e. The van der Waals surface area contributed by atoms with E-state index in [1.807, 2.05) is 25.3 Å². The van der Waals surface area contributed by atoms with Gasteiger partial charge in [-0.2, -0.15) is 0 Å². The number of hydrogen-bond donors (Lipinski definition) is 0. The summed E-state index contributed by atoms with van der Waals surface area (Å²) in [6, 6.07) is 3.83. The number of nitrogens with zero attached hydrogens (tertiary/aromatic N) is 3. The Balaban J connectivity index is 2.22. The first-order valence-corrected chi connectivity index (χ1v) is 7.33. The summed E-state index contributed by atoms with van der Waals surface area (Å²) in [6.07, 6.45) is 3.19. The number of rotatable bonds is 1. The largest absolute Gasteiger partial charge is 0.285 e. The Morgan fingerprint density at radius 2 is 2.24 bits per heavy atom. The van der Waals surface area contributed by atoms with E-state index in [0.717, 1.165) is 11.2 Å². The van der Waals surface area contributed by atoms with Crippen LogP contribution >= 0.6 is 0 Å². The van der Waals surface area contributed by atoms with Crippen LogP contribution < -0.4 is 0 Å². The summed E-state index contributed by atoms with van der Waals surface area (Å²) in [5, 5.41) is 7.66. The molecule has 1 fully saturated rings. The molecular weight excluding hydrogens is 238 g/mol. The fraction of sp³-hybridized carbons (Fsp3) is 0.455. The topological polar surface area (TPSA) is 64.3 Å². The van der Waals surface area contributed by atoms with Gasteiger partial charge in [0.05, 0.1) is 5.75 Å². The fourth-order valence-electron chi connectivity index (χ4n) is 2.37. The van der Waals surface area contributed by atoms with Gasteiger partial charge in [-0.3, -0.25) is 4.40 Å². The third-order valence-corrected chi connectivity index (χ3v) is 5.44. The lowest BCUT2D eigenvalue weighted by Crippen LogP contribution is -2.11. The van der Waals surface area contributed by atoms with E-state index < -0.39 is 15.1 Å². The molecule has 0 radical (unpaired) electrons. The third kappa shape index (κ3) is 1.55. The van der Waals surface area contributed by atoms with Crippen LogP contribution in [0.25, 0.3) is 5.65 Å². The second kappa shape index (κ2) is 3.53. The molecule has 0 aromatic carbocycles. The fourth-order valence-corrected chi connectivity index (χ4v) is 4.23. The first-order valence-electron chi connectivity index (χ1n) is 5.61. The third-order valence-electron chi connectivity index (χ3n) is 3.27. The molecular formula is C11H13N3O2S. The van der Waals surface area contributed by atoms with E-state index >= 15 is 0 Å². The van der Waals surface area contributed by atoms with Gasteiger partial charge in [0.25, 0.3) is 0 Å². The average molecular weight is 251 g/mol. The second-order valence-corrected chi connectivity index (χ2v) is 6.74. The van der Waals surface area contributed by atoms with Crippen LogP contribution in [0, 0.1) is 6.92 Å². The lowest BCUT2D eigenvalue weighted by Gasteiger charge is -2.07. The minimum Gasteiger partial charge on any atom is -0.285 e. The van der Waals surface area contributed by atoms with Gasteiger partial charge in [-0.05, 0) is 31.4 Å². The van der Waals surface area contributed by atoms with E-state index in [2.05, 4.69) is 10.2 Å². The van der Waals surface area contributed by atoms with Gasteiger partial charge in [-0.15, -0.1) is 10.2 Å². The maximum atomic E-state index is 11.9. The molecule has 3 rings (SSSR count). The molecule has 0 bridgehead atoms. The summed E-state index contributed by atoms with van der Waals surface area (Å²) >= 11 is 0. The minimum absolute atomic E-state index is 0.262. The molecule has 90 valence electrons. The van der Waals surface area contributed by atoms with Crippen molar-refractivity contribution in [2.45, 2.75) is 25.0 Å². The van der Waals surface area contributed by atoms with Crippen LogP contribution in [-0.2, 0) is 9.84 Å². The van der Waals surface area contributed by atoms with Crippen molar-refractivity contribution in [3.63, 3.8) is 0 Å². The summed E-state index contributed by atoms with van der Waals surface area (Å²) < 4.78 is 25.6. The lowest BCUT2D eigenvalue weighted by molar-refractivity contribution is 0.588. The zero-order chi connectivity index (χ0) is 12.0. The van der Waals surface area contributed by atoms with E-state index in [-0.39, 0.29) is 5.75 Å².